The topological polar surface area (TPSA) is 98.5 Å². The van der Waals surface area contributed by atoms with Gasteiger partial charge in [0, 0.05) is 28.6 Å². The van der Waals surface area contributed by atoms with E-state index >= 15 is 0 Å². The second-order valence-electron chi connectivity index (χ2n) is 6.50. The molecule has 156 valence electrons. The summed E-state index contributed by atoms with van der Waals surface area (Å²) in [5.41, 5.74) is 2.79. The predicted molar refractivity (Wildman–Crippen MR) is 117 cm³/mol. The molecule has 0 bridgehead atoms. The average Bonchev–Trinajstić information content (AvgIpc) is 3.30. The van der Waals surface area contributed by atoms with Crippen molar-refractivity contribution in [2.45, 2.75) is 0 Å². The summed E-state index contributed by atoms with van der Waals surface area (Å²) in [6, 6.07) is 21.4. The van der Waals surface area contributed by atoms with Gasteiger partial charge in [-0.05, 0) is 48.5 Å². The van der Waals surface area contributed by atoms with Crippen LogP contribution in [0.15, 0.2) is 77.2 Å². The highest BCUT2D eigenvalue weighted by Gasteiger charge is 2.11. The smallest absolute Gasteiger partial charge is 0.323 e. The molecule has 8 nitrogen and oxygen atoms in total. The minimum Gasteiger partial charge on any atom is -0.493 e. The normalized spacial score (nSPS) is 10.4. The lowest BCUT2D eigenvalue weighted by Crippen LogP contribution is -2.19. The number of aromatic nitrogens is 2. The summed E-state index contributed by atoms with van der Waals surface area (Å²) in [7, 11) is 3.09. The first kappa shape index (κ1) is 20.0. The van der Waals surface area contributed by atoms with Gasteiger partial charge in [0.05, 0.1) is 14.2 Å². The van der Waals surface area contributed by atoms with Crippen LogP contribution >= 0.6 is 0 Å². The molecule has 8 heteroatoms. The quantitative estimate of drug-likeness (QED) is 0.456. The van der Waals surface area contributed by atoms with Crippen molar-refractivity contribution in [2.24, 2.45) is 0 Å². The third-order valence-electron chi connectivity index (χ3n) is 4.48. The van der Waals surface area contributed by atoms with E-state index < -0.39 is 0 Å². The molecule has 0 saturated heterocycles. The molecule has 0 radical (unpaired) electrons. The molecule has 31 heavy (non-hydrogen) atoms. The van der Waals surface area contributed by atoms with Gasteiger partial charge in [-0.25, -0.2) is 4.79 Å². The first-order valence-corrected chi connectivity index (χ1v) is 9.45. The second kappa shape index (κ2) is 9.00. The lowest BCUT2D eigenvalue weighted by atomic mass is 10.2. The van der Waals surface area contributed by atoms with E-state index in [1.165, 1.54) is 7.11 Å². The molecule has 0 atom stereocenters. The Hall–Kier alpha value is -4.33. The number of nitrogens with zero attached hydrogens (tertiary/aromatic N) is 2. The lowest BCUT2D eigenvalue weighted by molar-refractivity contribution is 0.262. The summed E-state index contributed by atoms with van der Waals surface area (Å²) in [4.78, 5) is 12.3. The maximum atomic E-state index is 12.3. The number of hydrogen-bond acceptors (Lipinski definition) is 6. The number of urea groups is 1. The molecular formula is C23H20N4O4. The maximum absolute atomic E-state index is 12.3. The van der Waals surface area contributed by atoms with Gasteiger partial charge >= 0.3 is 6.03 Å². The number of nitrogens with one attached hydrogen (secondary N) is 2. The number of benzene rings is 3. The minimum atomic E-state index is -0.385. The summed E-state index contributed by atoms with van der Waals surface area (Å²) < 4.78 is 16.2. The molecule has 0 aliphatic heterocycles. The molecule has 0 fully saturated rings. The molecule has 1 heterocycles. The van der Waals surface area contributed by atoms with Crippen molar-refractivity contribution >= 4 is 17.4 Å². The van der Waals surface area contributed by atoms with E-state index in [0.29, 0.717) is 34.7 Å². The molecule has 0 spiro atoms. The SMILES string of the molecule is COc1ccc(NC(=O)Nc2ccc(-c3nnc(-c4ccccc4)o3)cc2)cc1OC. The van der Waals surface area contributed by atoms with Gasteiger partial charge in [-0.2, -0.15) is 0 Å². The molecule has 0 aliphatic rings. The van der Waals surface area contributed by atoms with Crippen LogP contribution in [-0.4, -0.2) is 30.4 Å². The van der Waals surface area contributed by atoms with E-state index in [1.54, 1.807) is 49.6 Å². The van der Waals surface area contributed by atoms with E-state index in [9.17, 15) is 4.79 Å². The van der Waals surface area contributed by atoms with Gasteiger partial charge in [-0.3, -0.25) is 0 Å². The Morgan fingerprint density at radius 2 is 1.32 bits per heavy atom. The molecule has 0 unspecified atom stereocenters. The number of anilines is 2. The van der Waals surface area contributed by atoms with Crippen LogP contribution in [0.25, 0.3) is 22.9 Å². The zero-order chi connectivity index (χ0) is 21.6. The highest BCUT2D eigenvalue weighted by molar-refractivity contribution is 6.00. The fraction of sp³-hybridized carbons (Fsp3) is 0.0870. The molecule has 1 aromatic heterocycles. The second-order valence-corrected chi connectivity index (χ2v) is 6.50. The summed E-state index contributed by atoms with van der Waals surface area (Å²) in [6.45, 7) is 0. The first-order chi connectivity index (χ1) is 15.2. The summed E-state index contributed by atoms with van der Waals surface area (Å²) >= 11 is 0. The van der Waals surface area contributed by atoms with E-state index in [-0.39, 0.29) is 6.03 Å². The zero-order valence-electron chi connectivity index (χ0n) is 17.0. The Bertz CT molecular complexity index is 1170. The Balaban J connectivity index is 1.41. The Labute approximate surface area is 178 Å². The highest BCUT2D eigenvalue weighted by atomic mass is 16.5. The Morgan fingerprint density at radius 3 is 1.97 bits per heavy atom. The van der Waals surface area contributed by atoms with Crippen molar-refractivity contribution in [3.63, 3.8) is 0 Å². The van der Waals surface area contributed by atoms with Gasteiger partial charge < -0.3 is 24.5 Å². The fourth-order valence-corrected chi connectivity index (χ4v) is 2.94. The van der Waals surface area contributed by atoms with Crippen LogP contribution in [0.5, 0.6) is 11.5 Å². The molecule has 3 aromatic carbocycles. The van der Waals surface area contributed by atoms with Crippen molar-refractivity contribution in [1.82, 2.24) is 10.2 Å². The molecule has 2 amide bonds. The molecule has 2 N–H and O–H groups in total. The van der Waals surface area contributed by atoms with E-state index in [4.69, 9.17) is 13.9 Å². The summed E-state index contributed by atoms with van der Waals surface area (Å²) in [5, 5.41) is 13.7. The zero-order valence-corrected chi connectivity index (χ0v) is 17.0. The summed E-state index contributed by atoms with van der Waals surface area (Å²) in [6.07, 6.45) is 0. The van der Waals surface area contributed by atoms with Crippen LogP contribution < -0.4 is 20.1 Å². The molecule has 4 rings (SSSR count). The number of rotatable bonds is 6. The minimum absolute atomic E-state index is 0.385. The number of hydrogen-bond donors (Lipinski definition) is 2. The standard InChI is InChI=1S/C23H20N4O4/c1-29-19-13-12-18(14-20(19)30-2)25-23(28)24-17-10-8-16(9-11-17)22-27-26-21(31-22)15-6-4-3-5-7-15/h3-14H,1-2H3,(H2,24,25,28). The Kier molecular flexibility index (Phi) is 5.79. The van der Waals surface area contributed by atoms with Crippen LogP contribution in [0, 0.1) is 0 Å². The van der Waals surface area contributed by atoms with Gasteiger partial charge in [0.15, 0.2) is 11.5 Å². The largest absolute Gasteiger partial charge is 0.493 e. The van der Waals surface area contributed by atoms with Crippen LogP contribution in [0.4, 0.5) is 16.2 Å². The van der Waals surface area contributed by atoms with Gasteiger partial charge in [-0.15, -0.1) is 10.2 Å². The average molecular weight is 416 g/mol. The van der Waals surface area contributed by atoms with Crippen molar-refractivity contribution < 1.29 is 18.7 Å². The number of carbonyl (C=O) groups excluding carboxylic acids is 1. The lowest BCUT2D eigenvalue weighted by Gasteiger charge is -2.11. The highest BCUT2D eigenvalue weighted by Crippen LogP contribution is 2.30. The van der Waals surface area contributed by atoms with Crippen LogP contribution in [0.1, 0.15) is 0 Å². The number of amides is 2. The van der Waals surface area contributed by atoms with Gasteiger partial charge in [0.1, 0.15) is 0 Å². The maximum Gasteiger partial charge on any atom is 0.323 e. The predicted octanol–water partition coefficient (Wildman–Crippen LogP) is 5.06. The van der Waals surface area contributed by atoms with Crippen LogP contribution in [0.3, 0.4) is 0 Å². The molecule has 0 aliphatic carbocycles. The fourth-order valence-electron chi connectivity index (χ4n) is 2.94. The van der Waals surface area contributed by atoms with Gasteiger partial charge in [0.2, 0.25) is 11.8 Å². The van der Waals surface area contributed by atoms with Crippen LogP contribution in [0.2, 0.25) is 0 Å². The number of methoxy groups -OCH3 is 2. The third kappa shape index (κ3) is 4.64. The molecule has 4 aromatic rings. The van der Waals surface area contributed by atoms with E-state index in [0.717, 1.165) is 11.1 Å². The van der Waals surface area contributed by atoms with Gasteiger partial charge in [0.25, 0.3) is 0 Å². The van der Waals surface area contributed by atoms with E-state index in [1.807, 2.05) is 30.3 Å². The van der Waals surface area contributed by atoms with E-state index in [2.05, 4.69) is 20.8 Å². The molecular weight excluding hydrogens is 396 g/mol. The van der Waals surface area contributed by atoms with Gasteiger partial charge in [-0.1, -0.05) is 18.2 Å². The van der Waals surface area contributed by atoms with Crippen molar-refractivity contribution in [1.29, 1.82) is 0 Å². The third-order valence-corrected chi connectivity index (χ3v) is 4.48. The first-order valence-electron chi connectivity index (χ1n) is 9.45. The number of ether oxygens (including phenoxy) is 2. The summed E-state index contributed by atoms with van der Waals surface area (Å²) in [5.74, 6) is 1.96. The van der Waals surface area contributed by atoms with Crippen LogP contribution in [-0.2, 0) is 0 Å². The number of carbonyl (C=O) groups is 1. The monoisotopic (exact) mass is 416 g/mol. The molecule has 0 saturated carbocycles. The van der Waals surface area contributed by atoms with Crippen molar-refractivity contribution in [3.8, 4) is 34.4 Å². The van der Waals surface area contributed by atoms with Crippen molar-refractivity contribution in [3.05, 3.63) is 72.8 Å². The Morgan fingerprint density at radius 1 is 0.742 bits per heavy atom. The van der Waals surface area contributed by atoms with Crippen molar-refractivity contribution in [2.75, 3.05) is 24.9 Å².